The number of rotatable bonds is 2. The Balaban J connectivity index is 2.20. The molecule has 0 amide bonds. The van der Waals surface area contributed by atoms with Crippen LogP contribution in [0.5, 0.6) is 0 Å². The Labute approximate surface area is 175 Å². The third-order valence-corrected chi connectivity index (χ3v) is 5.93. The van der Waals surface area contributed by atoms with Crippen molar-refractivity contribution in [2.24, 2.45) is 10.4 Å². The largest absolute Gasteiger partial charge is 0.358 e. The molecule has 0 fully saturated rings. The molecule has 8 heteroatoms. The highest BCUT2D eigenvalue weighted by atomic mass is 35.5. The Morgan fingerprint density at radius 2 is 1.45 bits per heavy atom. The second-order valence-corrected chi connectivity index (χ2v) is 7.08. The molecule has 2 aliphatic rings. The first-order chi connectivity index (χ1) is 14.0. The number of carbonyl (C=O) groups excluding carboxylic acids is 1. The smallest absolute Gasteiger partial charge is 0.247 e. The number of halogens is 2. The Bertz CT molecular complexity index is 1150. The average Bonchev–Trinajstić information content (AvgIpc) is 3.17. The van der Waals surface area contributed by atoms with E-state index in [1.54, 1.807) is 54.6 Å². The van der Waals surface area contributed by atoms with E-state index in [1.165, 1.54) is 0 Å². The Hall–Kier alpha value is -3.45. The van der Waals surface area contributed by atoms with Crippen molar-refractivity contribution in [2.45, 2.75) is 11.1 Å². The van der Waals surface area contributed by atoms with Gasteiger partial charge >= 0.3 is 0 Å². The topological polar surface area (TPSA) is 98.6 Å². The van der Waals surface area contributed by atoms with Gasteiger partial charge in [-0.2, -0.15) is 10.5 Å². The van der Waals surface area contributed by atoms with Crippen LogP contribution in [-0.2, 0) is 15.2 Å². The Kier molecular flexibility index (Phi) is 4.47. The minimum Gasteiger partial charge on any atom is -0.358 e. The van der Waals surface area contributed by atoms with Gasteiger partial charge in [0.2, 0.25) is 11.4 Å². The van der Waals surface area contributed by atoms with E-state index in [1.807, 2.05) is 18.2 Å². The summed E-state index contributed by atoms with van der Waals surface area (Å²) < 4.78 is 0. The van der Waals surface area contributed by atoms with Crippen LogP contribution in [0, 0.1) is 22.7 Å². The van der Waals surface area contributed by atoms with Crippen molar-refractivity contribution in [3.05, 3.63) is 93.0 Å². The number of Topliss-reactive ketones (excluding diaryl/α,β-unsaturated/α-hetero) is 1. The molecule has 1 unspecified atom stereocenters. The first-order valence-corrected chi connectivity index (χ1v) is 9.17. The maximum atomic E-state index is 12.5. The molecule has 0 bridgehead atoms. The zero-order valence-electron chi connectivity index (χ0n) is 14.6. The number of hydrogen-bond donors (Lipinski definition) is 0. The average molecular weight is 421 g/mol. The molecule has 0 aromatic heterocycles. The van der Waals surface area contributed by atoms with E-state index < -0.39 is 27.5 Å². The number of hydrogen-bond acceptors (Lipinski definition) is 6. The van der Waals surface area contributed by atoms with Gasteiger partial charge in [-0.1, -0.05) is 83.9 Å². The quantitative estimate of drug-likeness (QED) is 0.703. The molecule has 2 aromatic rings. The lowest BCUT2D eigenvalue weighted by atomic mass is 9.64. The monoisotopic (exact) mass is 420 g/mol. The van der Waals surface area contributed by atoms with Gasteiger partial charge in [0.15, 0.2) is 5.54 Å². The first-order valence-electron chi connectivity index (χ1n) is 8.41. The van der Waals surface area contributed by atoms with Crippen molar-refractivity contribution in [3.8, 4) is 12.1 Å². The Morgan fingerprint density at radius 3 is 1.93 bits per heavy atom. The normalized spacial score (nSPS) is 22.4. The molecular weight excluding hydrogens is 411 g/mol. The highest BCUT2D eigenvalue weighted by molar-refractivity contribution is 6.52. The number of ketones is 1. The fraction of sp³-hybridized carbons (Fsp3) is 0.0952. The summed E-state index contributed by atoms with van der Waals surface area (Å²) >= 11 is 12.8. The van der Waals surface area contributed by atoms with Crippen LogP contribution in [0.1, 0.15) is 11.1 Å². The summed E-state index contributed by atoms with van der Waals surface area (Å²) in [6.07, 6.45) is 0. The lowest BCUT2D eigenvalue weighted by molar-refractivity contribution is -0.112. The van der Waals surface area contributed by atoms with Crippen molar-refractivity contribution < 1.29 is 9.63 Å². The molecule has 1 heterocycles. The van der Waals surface area contributed by atoms with Crippen LogP contribution < -0.4 is 0 Å². The van der Waals surface area contributed by atoms with Gasteiger partial charge in [-0.05, 0) is 11.1 Å². The fourth-order valence-electron chi connectivity index (χ4n) is 3.76. The molecular formula is C21H10Cl2N4O2. The number of carbonyl (C=O) groups is 1. The van der Waals surface area contributed by atoms with E-state index in [-0.39, 0.29) is 10.6 Å². The number of benzene rings is 2. The SMILES string of the molecule is N#CC1=C(C#N)C2(ON=NC2(c2ccccc2)c2ccccc2)C(Cl)=C(Cl)C1=O. The molecule has 0 radical (unpaired) electrons. The van der Waals surface area contributed by atoms with Crippen LogP contribution in [0.3, 0.4) is 0 Å². The summed E-state index contributed by atoms with van der Waals surface area (Å²) in [6.45, 7) is 0. The standard InChI is InChI=1S/C21H10Cl2N4O2/c22-17-18(28)15(11-24)16(12-25)21(19(17)23)20(26-27-29-21,13-7-3-1-4-8-13)14-9-5-2-6-10-14/h1-10H. The lowest BCUT2D eigenvalue weighted by Crippen LogP contribution is -2.53. The van der Waals surface area contributed by atoms with Crippen LogP contribution in [-0.4, -0.2) is 11.4 Å². The molecule has 29 heavy (non-hydrogen) atoms. The van der Waals surface area contributed by atoms with Crippen LogP contribution in [0.15, 0.2) is 92.3 Å². The summed E-state index contributed by atoms with van der Waals surface area (Å²) in [6, 6.07) is 21.6. The van der Waals surface area contributed by atoms with E-state index in [4.69, 9.17) is 28.0 Å². The molecule has 4 rings (SSSR count). The molecule has 6 nitrogen and oxygen atoms in total. The van der Waals surface area contributed by atoms with Crippen LogP contribution in [0.2, 0.25) is 0 Å². The predicted octanol–water partition coefficient (Wildman–Crippen LogP) is 4.68. The van der Waals surface area contributed by atoms with Gasteiger partial charge in [0.1, 0.15) is 28.3 Å². The van der Waals surface area contributed by atoms with Gasteiger partial charge in [0.25, 0.3) is 0 Å². The van der Waals surface area contributed by atoms with E-state index in [0.29, 0.717) is 11.1 Å². The maximum Gasteiger partial charge on any atom is 0.247 e. The summed E-state index contributed by atoms with van der Waals surface area (Å²) in [7, 11) is 0. The van der Waals surface area contributed by atoms with Crippen LogP contribution >= 0.6 is 23.2 Å². The van der Waals surface area contributed by atoms with Crippen LogP contribution in [0.4, 0.5) is 0 Å². The van der Waals surface area contributed by atoms with Gasteiger partial charge in [-0.3, -0.25) is 4.79 Å². The number of nitriles is 2. The van der Waals surface area contributed by atoms with E-state index in [0.717, 1.165) is 0 Å². The van der Waals surface area contributed by atoms with Gasteiger partial charge in [0.05, 0.1) is 5.03 Å². The molecule has 2 aromatic carbocycles. The first kappa shape index (κ1) is 18.9. The summed E-state index contributed by atoms with van der Waals surface area (Å²) in [5, 5.41) is 27.1. The van der Waals surface area contributed by atoms with Crippen molar-refractivity contribution in [2.75, 3.05) is 0 Å². The van der Waals surface area contributed by atoms with E-state index in [9.17, 15) is 15.3 Å². The molecule has 1 aliphatic heterocycles. The fourth-order valence-corrected chi connectivity index (χ4v) is 4.34. The number of allylic oxidation sites excluding steroid dienone is 2. The van der Waals surface area contributed by atoms with Crippen molar-refractivity contribution >= 4 is 29.0 Å². The minimum atomic E-state index is -1.90. The van der Waals surface area contributed by atoms with Gasteiger partial charge in [0, 0.05) is 5.28 Å². The second-order valence-electron chi connectivity index (χ2n) is 6.33. The third kappa shape index (κ3) is 2.31. The molecule has 1 spiro atoms. The highest BCUT2D eigenvalue weighted by Gasteiger charge is 2.68. The molecule has 0 N–H and O–H groups in total. The van der Waals surface area contributed by atoms with Crippen molar-refractivity contribution in [1.29, 1.82) is 10.5 Å². The van der Waals surface area contributed by atoms with Crippen molar-refractivity contribution in [1.82, 2.24) is 0 Å². The van der Waals surface area contributed by atoms with Gasteiger partial charge < -0.3 is 4.84 Å². The van der Waals surface area contributed by atoms with Crippen molar-refractivity contribution in [3.63, 3.8) is 0 Å². The summed E-state index contributed by atoms with van der Waals surface area (Å²) in [5.74, 6) is -0.841. The summed E-state index contributed by atoms with van der Waals surface area (Å²) in [4.78, 5) is 18.2. The minimum absolute atomic E-state index is 0.252. The molecule has 140 valence electrons. The maximum absolute atomic E-state index is 12.5. The zero-order chi connectivity index (χ0) is 20.6. The molecule has 0 saturated carbocycles. The Morgan fingerprint density at radius 1 is 0.897 bits per heavy atom. The van der Waals surface area contributed by atoms with Crippen LogP contribution in [0.25, 0.3) is 0 Å². The highest BCUT2D eigenvalue weighted by Crippen LogP contribution is 2.59. The van der Waals surface area contributed by atoms with E-state index in [2.05, 4.69) is 10.4 Å². The lowest BCUT2D eigenvalue weighted by Gasteiger charge is -2.42. The summed E-state index contributed by atoms with van der Waals surface area (Å²) in [5.41, 5.74) is -2.95. The van der Waals surface area contributed by atoms with Gasteiger partial charge in [-0.25, -0.2) is 0 Å². The molecule has 1 atom stereocenters. The zero-order valence-corrected chi connectivity index (χ0v) is 16.1. The number of nitrogens with zero attached hydrogens (tertiary/aromatic N) is 4. The van der Waals surface area contributed by atoms with E-state index >= 15 is 0 Å². The second kappa shape index (κ2) is 6.86. The molecule has 1 aliphatic carbocycles. The van der Waals surface area contributed by atoms with Gasteiger partial charge in [-0.15, -0.1) is 5.11 Å². The third-order valence-electron chi connectivity index (χ3n) is 5.02. The molecule has 0 saturated heterocycles. The predicted molar refractivity (Wildman–Crippen MR) is 104 cm³/mol.